The highest BCUT2D eigenvalue weighted by Gasteiger charge is 2.26. The van der Waals surface area contributed by atoms with Crippen molar-refractivity contribution in [3.8, 4) is 0 Å². The van der Waals surface area contributed by atoms with Crippen LogP contribution in [0.5, 0.6) is 0 Å². The molecule has 3 aromatic rings. The number of carbonyl (C=O) groups is 2. The lowest BCUT2D eigenvalue weighted by Gasteiger charge is -2.21. The summed E-state index contributed by atoms with van der Waals surface area (Å²) < 4.78 is 13.2. The van der Waals surface area contributed by atoms with Crippen LogP contribution in [0.3, 0.4) is 0 Å². The molecule has 0 aliphatic heterocycles. The Bertz CT molecular complexity index is 1060. The molecule has 3 N–H and O–H groups in total. The van der Waals surface area contributed by atoms with Crippen LogP contribution < -0.4 is 10.6 Å². The Morgan fingerprint density at radius 2 is 1.93 bits per heavy atom. The molecule has 0 radical (unpaired) electrons. The van der Waals surface area contributed by atoms with Gasteiger partial charge in [0.05, 0.1) is 11.7 Å². The van der Waals surface area contributed by atoms with Crippen molar-refractivity contribution >= 4 is 34.3 Å². The maximum absolute atomic E-state index is 13.2. The molecule has 2 aromatic heterocycles. The molecule has 1 fully saturated rings. The first-order valence-electron chi connectivity index (χ1n) is 9.98. The molecule has 1 atom stereocenters. The number of nitrogens with zero attached hydrogens (tertiary/aromatic N) is 1. The van der Waals surface area contributed by atoms with Crippen LogP contribution in [0.1, 0.15) is 41.7 Å². The number of H-pyrrole nitrogens is 1. The van der Waals surface area contributed by atoms with Crippen molar-refractivity contribution in [1.29, 1.82) is 0 Å². The summed E-state index contributed by atoms with van der Waals surface area (Å²) in [5.74, 6) is -0.989. The molecule has 1 aliphatic carbocycles. The first kappa shape index (κ1) is 20.3. The minimum Gasteiger partial charge on any atom is -0.352 e. The number of fused-ring (bicyclic) bond motifs is 1. The highest BCUT2D eigenvalue weighted by Crippen LogP contribution is 2.19. The summed E-state index contributed by atoms with van der Waals surface area (Å²) in [6.45, 7) is 0. The zero-order valence-electron chi connectivity index (χ0n) is 16.3. The molecule has 1 aliphatic rings. The maximum Gasteiger partial charge on any atom is 0.268 e. The first-order valence-corrected chi connectivity index (χ1v) is 10.4. The van der Waals surface area contributed by atoms with Crippen LogP contribution in [0.2, 0.25) is 5.15 Å². The molecule has 30 heavy (non-hydrogen) atoms. The SMILES string of the molecule is O=C(NC(Cc1ccc(F)cc1)C(=O)NC1CCCC1)c1cc2cc(Cl)ncc2[nH]1. The Morgan fingerprint density at radius 1 is 1.20 bits per heavy atom. The Balaban J connectivity index is 1.52. The molecule has 156 valence electrons. The van der Waals surface area contributed by atoms with E-state index in [-0.39, 0.29) is 24.2 Å². The van der Waals surface area contributed by atoms with Gasteiger partial charge in [0.25, 0.3) is 5.91 Å². The second-order valence-corrected chi connectivity index (χ2v) is 8.01. The normalized spacial score (nSPS) is 15.3. The first-order chi connectivity index (χ1) is 14.5. The van der Waals surface area contributed by atoms with Gasteiger partial charge in [-0.2, -0.15) is 0 Å². The number of halogens is 2. The molecule has 1 unspecified atom stereocenters. The van der Waals surface area contributed by atoms with Crippen LogP contribution in [-0.4, -0.2) is 33.9 Å². The van der Waals surface area contributed by atoms with Gasteiger partial charge in [0.2, 0.25) is 5.91 Å². The number of hydrogen-bond acceptors (Lipinski definition) is 3. The van der Waals surface area contributed by atoms with Crippen LogP contribution >= 0.6 is 11.6 Å². The van der Waals surface area contributed by atoms with Gasteiger partial charge < -0.3 is 15.6 Å². The van der Waals surface area contributed by atoms with Crippen molar-refractivity contribution in [3.63, 3.8) is 0 Å². The molecule has 8 heteroatoms. The molecular weight excluding hydrogens is 407 g/mol. The van der Waals surface area contributed by atoms with E-state index < -0.39 is 11.9 Å². The van der Waals surface area contributed by atoms with Crippen LogP contribution in [0.25, 0.3) is 10.9 Å². The summed E-state index contributed by atoms with van der Waals surface area (Å²) in [6, 6.07) is 8.61. The van der Waals surface area contributed by atoms with Crippen LogP contribution in [0.15, 0.2) is 42.6 Å². The van der Waals surface area contributed by atoms with Crippen molar-refractivity contribution in [2.45, 2.75) is 44.2 Å². The third-order valence-corrected chi connectivity index (χ3v) is 5.60. The molecule has 0 spiro atoms. The van der Waals surface area contributed by atoms with Gasteiger partial charge >= 0.3 is 0 Å². The predicted octanol–water partition coefficient (Wildman–Crippen LogP) is 3.76. The number of nitrogens with one attached hydrogen (secondary N) is 3. The van der Waals surface area contributed by atoms with Crippen LogP contribution in [0.4, 0.5) is 4.39 Å². The monoisotopic (exact) mass is 428 g/mol. The predicted molar refractivity (Wildman–Crippen MR) is 113 cm³/mol. The molecule has 2 heterocycles. The Hall–Kier alpha value is -2.93. The Kier molecular flexibility index (Phi) is 5.99. The summed E-state index contributed by atoms with van der Waals surface area (Å²) in [5, 5.41) is 6.94. The average Bonchev–Trinajstić information content (AvgIpc) is 3.38. The highest BCUT2D eigenvalue weighted by molar-refractivity contribution is 6.30. The fraction of sp³-hybridized carbons (Fsp3) is 0.318. The van der Waals surface area contributed by atoms with Crippen molar-refractivity contribution in [3.05, 3.63) is 64.8 Å². The topological polar surface area (TPSA) is 86.9 Å². The number of aromatic nitrogens is 2. The van der Waals surface area contributed by atoms with Crippen molar-refractivity contribution in [2.75, 3.05) is 0 Å². The molecule has 4 rings (SSSR count). The van der Waals surface area contributed by atoms with Crippen LogP contribution in [0, 0.1) is 5.82 Å². The number of amides is 2. The van der Waals surface area contributed by atoms with Crippen molar-refractivity contribution in [1.82, 2.24) is 20.6 Å². The van der Waals surface area contributed by atoms with E-state index in [9.17, 15) is 14.0 Å². The zero-order chi connectivity index (χ0) is 21.1. The molecular formula is C22H22ClFN4O2. The van der Waals surface area contributed by atoms with Crippen molar-refractivity contribution in [2.24, 2.45) is 0 Å². The fourth-order valence-corrected chi connectivity index (χ4v) is 3.97. The van der Waals surface area contributed by atoms with E-state index in [1.807, 2.05) is 0 Å². The fourth-order valence-electron chi connectivity index (χ4n) is 3.80. The number of carbonyl (C=O) groups excluding carboxylic acids is 2. The van der Waals surface area contributed by atoms with E-state index in [1.165, 1.54) is 12.1 Å². The van der Waals surface area contributed by atoms with Gasteiger partial charge in [0.15, 0.2) is 0 Å². The second kappa shape index (κ2) is 8.83. The van der Waals surface area contributed by atoms with Gasteiger partial charge in [0.1, 0.15) is 22.7 Å². The summed E-state index contributed by atoms with van der Waals surface area (Å²) in [5.41, 5.74) is 1.75. The lowest BCUT2D eigenvalue weighted by Crippen LogP contribution is -2.50. The summed E-state index contributed by atoms with van der Waals surface area (Å²) in [4.78, 5) is 32.8. The summed E-state index contributed by atoms with van der Waals surface area (Å²) >= 11 is 5.91. The van der Waals surface area contributed by atoms with E-state index in [1.54, 1.807) is 30.5 Å². The van der Waals surface area contributed by atoms with Gasteiger partial charge in [-0.25, -0.2) is 9.37 Å². The average molecular weight is 429 g/mol. The van der Waals surface area contributed by atoms with E-state index in [2.05, 4.69) is 20.6 Å². The van der Waals surface area contributed by atoms with Gasteiger partial charge in [-0.1, -0.05) is 36.6 Å². The van der Waals surface area contributed by atoms with Crippen LogP contribution in [-0.2, 0) is 11.2 Å². The zero-order valence-corrected chi connectivity index (χ0v) is 17.0. The van der Waals surface area contributed by atoms with Gasteiger partial charge in [0, 0.05) is 17.8 Å². The molecule has 0 bridgehead atoms. The van der Waals surface area contributed by atoms with Gasteiger partial charge in [-0.05, 0) is 42.7 Å². The Morgan fingerprint density at radius 3 is 2.67 bits per heavy atom. The molecule has 1 aromatic carbocycles. The maximum atomic E-state index is 13.2. The third kappa shape index (κ3) is 4.79. The number of pyridine rings is 1. The van der Waals surface area contributed by atoms with E-state index in [0.717, 1.165) is 36.6 Å². The molecule has 0 saturated heterocycles. The number of hydrogen-bond donors (Lipinski definition) is 3. The lowest BCUT2D eigenvalue weighted by molar-refractivity contribution is -0.123. The second-order valence-electron chi connectivity index (χ2n) is 7.62. The van der Waals surface area contributed by atoms with E-state index in [4.69, 9.17) is 11.6 Å². The third-order valence-electron chi connectivity index (χ3n) is 5.39. The molecule has 1 saturated carbocycles. The summed E-state index contributed by atoms with van der Waals surface area (Å²) in [6.07, 6.45) is 5.88. The van der Waals surface area contributed by atoms with Gasteiger partial charge in [-0.15, -0.1) is 0 Å². The summed E-state index contributed by atoms with van der Waals surface area (Å²) in [7, 11) is 0. The van der Waals surface area contributed by atoms with Crippen molar-refractivity contribution < 1.29 is 14.0 Å². The largest absolute Gasteiger partial charge is 0.352 e. The molecule has 2 amide bonds. The van der Waals surface area contributed by atoms with E-state index >= 15 is 0 Å². The standard InChI is InChI=1S/C22H22ClFN4O2/c23-20-11-14-10-18(27-19(14)12-25-20)22(30)28-17(9-13-5-7-15(24)8-6-13)21(29)26-16-3-1-2-4-16/h5-8,10-12,16-17,27H,1-4,9H2,(H,26,29)(H,28,30). The van der Waals surface area contributed by atoms with Gasteiger partial charge in [-0.3, -0.25) is 9.59 Å². The lowest BCUT2D eigenvalue weighted by atomic mass is 10.0. The number of aromatic amines is 1. The minimum absolute atomic E-state index is 0.131. The highest BCUT2D eigenvalue weighted by atomic mass is 35.5. The number of rotatable bonds is 6. The Labute approximate surface area is 178 Å². The smallest absolute Gasteiger partial charge is 0.268 e. The molecule has 6 nitrogen and oxygen atoms in total. The van der Waals surface area contributed by atoms with E-state index in [0.29, 0.717) is 16.4 Å². The number of benzene rings is 1. The quantitative estimate of drug-likeness (QED) is 0.522. The minimum atomic E-state index is -0.781.